The highest BCUT2D eigenvalue weighted by Gasteiger charge is 2.18. The number of rotatable bonds is 4. The molecule has 8 heteroatoms. The minimum atomic E-state index is -2.73. The highest BCUT2D eigenvalue weighted by Crippen LogP contribution is 2.32. The fraction of sp³-hybridized carbons (Fsp3) is 0.231. The van der Waals surface area contributed by atoms with Gasteiger partial charge in [0.1, 0.15) is 6.61 Å². The van der Waals surface area contributed by atoms with Crippen molar-refractivity contribution in [1.82, 2.24) is 9.55 Å². The minimum Gasteiger partial charge on any atom is -0.454 e. The molecule has 0 spiro atoms. The lowest BCUT2D eigenvalue weighted by molar-refractivity contribution is 0.0376. The maximum absolute atomic E-state index is 12.6. The number of benzene rings is 1. The molecule has 2 aromatic rings. The number of alkyl halides is 2. The molecule has 0 bridgehead atoms. The zero-order valence-electron chi connectivity index (χ0n) is 10.7. The third-order valence-corrected chi connectivity index (χ3v) is 2.90. The van der Waals surface area contributed by atoms with Gasteiger partial charge in [-0.3, -0.25) is 4.57 Å². The Morgan fingerprint density at radius 1 is 1.38 bits per heavy atom. The van der Waals surface area contributed by atoms with Crippen LogP contribution in [0.4, 0.5) is 8.78 Å². The fourth-order valence-corrected chi connectivity index (χ4v) is 1.87. The molecule has 1 aliphatic rings. The summed E-state index contributed by atoms with van der Waals surface area (Å²) in [5.41, 5.74) is 0.245. The largest absolute Gasteiger partial charge is 0.454 e. The van der Waals surface area contributed by atoms with Crippen LogP contribution in [0.2, 0.25) is 0 Å². The molecule has 6 nitrogen and oxygen atoms in total. The van der Waals surface area contributed by atoms with Crippen LogP contribution in [0.1, 0.15) is 22.7 Å². The van der Waals surface area contributed by atoms with Crippen molar-refractivity contribution in [3.63, 3.8) is 0 Å². The van der Waals surface area contributed by atoms with Crippen LogP contribution in [0.3, 0.4) is 0 Å². The highest BCUT2D eigenvalue weighted by atomic mass is 19.3. The summed E-state index contributed by atoms with van der Waals surface area (Å²) in [6, 6.07) is 4.57. The first kappa shape index (κ1) is 13.3. The summed E-state index contributed by atoms with van der Waals surface area (Å²) in [7, 11) is 0. The molecule has 0 fully saturated rings. The van der Waals surface area contributed by atoms with Gasteiger partial charge in [0.15, 0.2) is 17.3 Å². The molecule has 1 aliphatic heterocycles. The van der Waals surface area contributed by atoms with Crippen LogP contribution in [-0.4, -0.2) is 22.3 Å². The summed E-state index contributed by atoms with van der Waals surface area (Å²) < 4.78 is 41.1. The van der Waals surface area contributed by atoms with E-state index in [1.54, 1.807) is 6.07 Å². The Labute approximate surface area is 117 Å². The van der Waals surface area contributed by atoms with Crippen molar-refractivity contribution >= 4 is 5.97 Å². The van der Waals surface area contributed by atoms with Crippen molar-refractivity contribution < 1.29 is 27.8 Å². The monoisotopic (exact) mass is 296 g/mol. The average Bonchev–Trinajstić information content (AvgIpc) is 3.12. The number of esters is 1. The normalized spacial score (nSPS) is 12.7. The van der Waals surface area contributed by atoms with Gasteiger partial charge in [-0.2, -0.15) is 8.78 Å². The molecule has 3 rings (SSSR count). The van der Waals surface area contributed by atoms with Crippen molar-refractivity contribution in [3.05, 3.63) is 42.0 Å². The molecule has 0 aliphatic carbocycles. The molecule has 1 aromatic carbocycles. The molecule has 0 unspecified atom stereocenters. The summed E-state index contributed by atoms with van der Waals surface area (Å²) in [4.78, 5) is 15.6. The molecular formula is C13H10F2N2O4. The van der Waals surface area contributed by atoms with Crippen LogP contribution in [0.5, 0.6) is 11.5 Å². The van der Waals surface area contributed by atoms with Crippen LogP contribution >= 0.6 is 0 Å². The lowest BCUT2D eigenvalue weighted by Gasteiger charge is -2.07. The summed E-state index contributed by atoms with van der Waals surface area (Å²) in [5, 5.41) is 0. The van der Waals surface area contributed by atoms with E-state index in [1.807, 2.05) is 0 Å². The van der Waals surface area contributed by atoms with Gasteiger partial charge in [0, 0.05) is 12.4 Å². The lowest BCUT2D eigenvalue weighted by Crippen LogP contribution is -2.10. The Bertz CT molecular complexity index is 672. The molecule has 1 aromatic heterocycles. The second-order valence-corrected chi connectivity index (χ2v) is 4.17. The number of hydrogen-bond donors (Lipinski definition) is 0. The maximum atomic E-state index is 12.6. The quantitative estimate of drug-likeness (QED) is 0.810. The summed E-state index contributed by atoms with van der Waals surface area (Å²) in [6.07, 6.45) is 2.34. The number of ether oxygens (including phenoxy) is 3. The molecule has 110 valence electrons. The molecule has 0 saturated carbocycles. The second-order valence-electron chi connectivity index (χ2n) is 4.17. The molecule has 0 amide bonds. The van der Waals surface area contributed by atoms with E-state index in [2.05, 4.69) is 4.98 Å². The van der Waals surface area contributed by atoms with E-state index in [9.17, 15) is 13.6 Å². The summed E-state index contributed by atoms with van der Waals surface area (Å²) in [6.45, 7) is -2.98. The highest BCUT2D eigenvalue weighted by molar-refractivity contribution is 5.90. The number of imidazole rings is 1. The number of carbonyl (C=O) groups is 1. The van der Waals surface area contributed by atoms with Gasteiger partial charge in [-0.1, -0.05) is 0 Å². The lowest BCUT2D eigenvalue weighted by atomic mass is 10.2. The molecule has 0 N–H and O–H groups in total. The van der Waals surface area contributed by atoms with Crippen LogP contribution in [0.25, 0.3) is 0 Å². The van der Waals surface area contributed by atoms with Gasteiger partial charge in [0.05, 0.1) is 5.56 Å². The molecule has 0 saturated heterocycles. The Kier molecular flexibility index (Phi) is 3.43. The van der Waals surface area contributed by atoms with Gasteiger partial charge in [0.25, 0.3) is 0 Å². The second kappa shape index (κ2) is 5.39. The van der Waals surface area contributed by atoms with Gasteiger partial charge < -0.3 is 14.2 Å². The van der Waals surface area contributed by atoms with Crippen LogP contribution in [0, 0.1) is 0 Å². The fourth-order valence-electron chi connectivity index (χ4n) is 1.87. The number of hydrogen-bond acceptors (Lipinski definition) is 5. The predicted octanol–water partition coefficient (Wildman–Crippen LogP) is 2.36. The van der Waals surface area contributed by atoms with E-state index in [0.717, 1.165) is 6.20 Å². The van der Waals surface area contributed by atoms with Gasteiger partial charge in [-0.15, -0.1) is 0 Å². The van der Waals surface area contributed by atoms with Gasteiger partial charge in [0.2, 0.25) is 6.79 Å². The first-order valence-electron chi connectivity index (χ1n) is 6.02. The topological polar surface area (TPSA) is 62.6 Å². The van der Waals surface area contributed by atoms with Gasteiger partial charge in [-0.05, 0) is 18.2 Å². The minimum absolute atomic E-state index is 0.0286. The van der Waals surface area contributed by atoms with E-state index in [4.69, 9.17) is 14.2 Å². The van der Waals surface area contributed by atoms with E-state index in [-0.39, 0.29) is 24.8 Å². The first-order chi connectivity index (χ1) is 10.1. The molecule has 0 radical (unpaired) electrons. The molecule has 21 heavy (non-hydrogen) atoms. The smallest absolute Gasteiger partial charge is 0.338 e. The zero-order chi connectivity index (χ0) is 14.8. The number of nitrogens with zero attached hydrogens (tertiary/aromatic N) is 2. The third kappa shape index (κ3) is 2.64. The summed E-state index contributed by atoms with van der Waals surface area (Å²) in [5.74, 6) is 0.300. The number of fused-ring (bicyclic) bond motifs is 1. The average molecular weight is 296 g/mol. The maximum Gasteiger partial charge on any atom is 0.338 e. The van der Waals surface area contributed by atoms with Crippen molar-refractivity contribution in [2.45, 2.75) is 13.2 Å². The van der Waals surface area contributed by atoms with E-state index >= 15 is 0 Å². The Balaban J connectivity index is 1.68. The first-order valence-corrected chi connectivity index (χ1v) is 6.02. The van der Waals surface area contributed by atoms with Gasteiger partial charge >= 0.3 is 12.5 Å². The number of carbonyl (C=O) groups excluding carboxylic acids is 1. The van der Waals surface area contributed by atoms with Crippen molar-refractivity contribution in [2.24, 2.45) is 0 Å². The van der Waals surface area contributed by atoms with Gasteiger partial charge in [-0.25, -0.2) is 9.78 Å². The Hall–Kier alpha value is -2.64. The number of aromatic nitrogens is 2. The zero-order valence-corrected chi connectivity index (χ0v) is 10.7. The van der Waals surface area contributed by atoms with Crippen LogP contribution in [0.15, 0.2) is 30.6 Å². The number of halogens is 2. The van der Waals surface area contributed by atoms with E-state index in [0.29, 0.717) is 16.1 Å². The van der Waals surface area contributed by atoms with Crippen LogP contribution in [-0.2, 0) is 11.3 Å². The molecule has 0 atom stereocenters. The van der Waals surface area contributed by atoms with Crippen molar-refractivity contribution in [2.75, 3.05) is 6.79 Å². The van der Waals surface area contributed by atoms with Crippen molar-refractivity contribution in [3.8, 4) is 11.5 Å². The van der Waals surface area contributed by atoms with E-state index < -0.39 is 12.5 Å². The Morgan fingerprint density at radius 3 is 3.00 bits per heavy atom. The van der Waals surface area contributed by atoms with Crippen molar-refractivity contribution in [1.29, 1.82) is 0 Å². The standard InChI is InChI=1S/C13H10F2N2O4/c14-13(15)17-4-3-16-11(17)6-19-12(18)8-1-2-9-10(5-8)21-7-20-9/h1-5,13H,6-7H2. The van der Waals surface area contributed by atoms with E-state index in [1.165, 1.54) is 18.3 Å². The predicted molar refractivity (Wildman–Crippen MR) is 65.2 cm³/mol. The Morgan fingerprint density at radius 2 is 2.19 bits per heavy atom. The molecular weight excluding hydrogens is 286 g/mol. The van der Waals surface area contributed by atoms with Crippen LogP contribution < -0.4 is 9.47 Å². The summed E-state index contributed by atoms with van der Waals surface area (Å²) >= 11 is 0. The SMILES string of the molecule is O=C(OCc1nccn1C(F)F)c1ccc2c(c1)OCO2. The third-order valence-electron chi connectivity index (χ3n) is 2.90. The molecule has 2 heterocycles.